The molecule has 1 N–H and O–H groups in total. The number of aromatic nitrogens is 2. The molecule has 1 spiro atoms. The summed E-state index contributed by atoms with van der Waals surface area (Å²) in [5.41, 5.74) is 7.47. The Balaban J connectivity index is 1.18. The number of allylic oxidation sites excluding steroid dienone is 1. The number of imidazole rings is 1. The average Bonchev–Trinajstić information content (AvgIpc) is 3.35. The largest absolute Gasteiger partial charge is 0.358 e. The van der Waals surface area contributed by atoms with E-state index in [0.29, 0.717) is 6.04 Å². The van der Waals surface area contributed by atoms with Gasteiger partial charge in [-0.2, -0.15) is 0 Å². The minimum atomic E-state index is 0.0371. The topological polar surface area (TPSA) is 33.1 Å². The highest BCUT2D eigenvalue weighted by Crippen LogP contribution is 2.50. The van der Waals surface area contributed by atoms with Gasteiger partial charge in [-0.05, 0) is 99.6 Å². The number of aryl methyl sites for hydroxylation is 1. The van der Waals surface area contributed by atoms with E-state index in [0.717, 1.165) is 68.0 Å². The molecule has 0 amide bonds. The molecule has 0 unspecified atom stereocenters. The molecule has 33 heavy (non-hydrogen) atoms. The molecule has 5 heteroatoms. The standard InChI is InChI=1S/C28H35ClN4/c1-4-23(5-2)33-19-30-26-17-21(8-11-27(26)33)7-6-14-32-15-12-28(13-16-32)20(3)31-25-10-9-22(29)18-24(25)28/h8-11,17-19,23,31H,3-7,12-16H2,1-2H3. The maximum Gasteiger partial charge on any atom is 0.0960 e. The van der Waals surface area contributed by atoms with Gasteiger partial charge in [0.15, 0.2) is 0 Å². The Morgan fingerprint density at radius 1 is 1.12 bits per heavy atom. The molecule has 1 aromatic heterocycles. The van der Waals surface area contributed by atoms with Crippen LogP contribution in [-0.4, -0.2) is 34.1 Å². The first-order valence-electron chi connectivity index (χ1n) is 12.5. The molecule has 3 aromatic rings. The van der Waals surface area contributed by atoms with Gasteiger partial charge in [0.05, 0.1) is 17.4 Å². The normalized spacial score (nSPS) is 17.8. The van der Waals surface area contributed by atoms with E-state index in [2.05, 4.69) is 65.5 Å². The molecule has 1 fully saturated rings. The number of likely N-dealkylation sites (tertiary alicyclic amines) is 1. The van der Waals surface area contributed by atoms with Gasteiger partial charge >= 0.3 is 0 Å². The van der Waals surface area contributed by atoms with E-state index < -0.39 is 0 Å². The Bertz CT molecular complexity index is 1150. The van der Waals surface area contributed by atoms with Crippen LogP contribution >= 0.6 is 11.6 Å². The van der Waals surface area contributed by atoms with Crippen LogP contribution in [0.5, 0.6) is 0 Å². The van der Waals surface area contributed by atoms with Crippen molar-refractivity contribution in [1.29, 1.82) is 0 Å². The fourth-order valence-corrected chi connectivity index (χ4v) is 6.08. The zero-order valence-corrected chi connectivity index (χ0v) is 20.7. The number of benzene rings is 2. The van der Waals surface area contributed by atoms with Crippen LogP contribution in [0, 0.1) is 0 Å². The molecule has 4 nitrogen and oxygen atoms in total. The molecule has 0 aliphatic carbocycles. The van der Waals surface area contributed by atoms with Crippen molar-refractivity contribution in [2.45, 2.75) is 63.8 Å². The third-order valence-corrected chi connectivity index (χ3v) is 8.22. The smallest absolute Gasteiger partial charge is 0.0960 e. The van der Waals surface area contributed by atoms with Crippen LogP contribution < -0.4 is 5.32 Å². The second kappa shape index (κ2) is 9.15. The molecule has 1 saturated heterocycles. The molecule has 2 aromatic carbocycles. The second-order valence-corrected chi connectivity index (χ2v) is 10.2. The van der Waals surface area contributed by atoms with E-state index >= 15 is 0 Å². The van der Waals surface area contributed by atoms with Crippen LogP contribution in [0.2, 0.25) is 5.02 Å². The lowest BCUT2D eigenvalue weighted by Crippen LogP contribution is -2.43. The van der Waals surface area contributed by atoms with Crippen molar-refractivity contribution in [3.8, 4) is 0 Å². The summed E-state index contributed by atoms with van der Waals surface area (Å²) in [5.74, 6) is 0. The SMILES string of the molecule is C=C1Nc2ccc(Cl)cc2C12CCN(CCCc1ccc3c(c1)ncn3C(CC)CC)CC2. The third-order valence-electron chi connectivity index (χ3n) is 7.98. The van der Waals surface area contributed by atoms with Crippen molar-refractivity contribution >= 4 is 28.3 Å². The first-order valence-corrected chi connectivity index (χ1v) is 12.9. The summed E-state index contributed by atoms with van der Waals surface area (Å²) in [4.78, 5) is 7.31. The van der Waals surface area contributed by atoms with Gasteiger partial charge in [0, 0.05) is 27.9 Å². The number of fused-ring (bicyclic) bond motifs is 3. The van der Waals surface area contributed by atoms with Gasteiger partial charge in [-0.25, -0.2) is 4.98 Å². The lowest BCUT2D eigenvalue weighted by molar-refractivity contribution is 0.179. The second-order valence-electron chi connectivity index (χ2n) is 9.77. The number of nitrogens with one attached hydrogen (secondary N) is 1. The van der Waals surface area contributed by atoms with Gasteiger partial charge in [0.25, 0.3) is 0 Å². The molecular formula is C28H35ClN4. The number of rotatable bonds is 7. The van der Waals surface area contributed by atoms with E-state index in [1.165, 1.54) is 28.8 Å². The Labute approximate surface area is 202 Å². The fourth-order valence-electron chi connectivity index (χ4n) is 5.91. The van der Waals surface area contributed by atoms with Crippen LogP contribution in [0.1, 0.15) is 63.1 Å². The molecule has 2 aliphatic rings. The average molecular weight is 463 g/mol. The minimum absolute atomic E-state index is 0.0371. The van der Waals surface area contributed by atoms with Gasteiger partial charge in [-0.1, -0.05) is 38.1 Å². The van der Waals surface area contributed by atoms with Crippen molar-refractivity contribution in [2.75, 3.05) is 25.0 Å². The Kier molecular flexibility index (Phi) is 6.24. The summed E-state index contributed by atoms with van der Waals surface area (Å²) in [6.45, 7) is 12.2. The third kappa shape index (κ3) is 4.08. The van der Waals surface area contributed by atoms with Crippen LogP contribution in [0.15, 0.2) is 55.0 Å². The summed E-state index contributed by atoms with van der Waals surface area (Å²) in [6.07, 6.45) is 8.78. The van der Waals surface area contributed by atoms with Gasteiger partial charge < -0.3 is 14.8 Å². The van der Waals surface area contributed by atoms with Crippen molar-refractivity contribution < 1.29 is 0 Å². The van der Waals surface area contributed by atoms with Crippen LogP contribution in [0.4, 0.5) is 5.69 Å². The molecular weight excluding hydrogens is 428 g/mol. The molecule has 174 valence electrons. The molecule has 5 rings (SSSR count). The van der Waals surface area contributed by atoms with Crippen LogP contribution in [0.3, 0.4) is 0 Å². The summed E-state index contributed by atoms with van der Waals surface area (Å²) in [5, 5.41) is 4.33. The lowest BCUT2D eigenvalue weighted by Gasteiger charge is -2.40. The van der Waals surface area contributed by atoms with Gasteiger partial charge in [-0.3, -0.25) is 0 Å². The zero-order valence-electron chi connectivity index (χ0n) is 19.9. The molecule has 3 heterocycles. The van der Waals surface area contributed by atoms with E-state index in [4.69, 9.17) is 16.6 Å². The van der Waals surface area contributed by atoms with E-state index in [-0.39, 0.29) is 5.41 Å². The monoisotopic (exact) mass is 462 g/mol. The lowest BCUT2D eigenvalue weighted by atomic mass is 9.72. The van der Waals surface area contributed by atoms with Gasteiger partial charge in [-0.15, -0.1) is 0 Å². The number of halogens is 1. The Morgan fingerprint density at radius 2 is 1.91 bits per heavy atom. The molecule has 0 atom stereocenters. The molecule has 0 bridgehead atoms. The molecule has 0 radical (unpaired) electrons. The molecule has 0 saturated carbocycles. The summed E-state index contributed by atoms with van der Waals surface area (Å²) >= 11 is 6.32. The van der Waals surface area contributed by atoms with Crippen molar-refractivity contribution in [1.82, 2.24) is 14.5 Å². The zero-order chi connectivity index (χ0) is 23.0. The first-order chi connectivity index (χ1) is 16.0. The van der Waals surface area contributed by atoms with Gasteiger partial charge in [0.1, 0.15) is 0 Å². The summed E-state index contributed by atoms with van der Waals surface area (Å²) in [6, 6.07) is 13.6. The van der Waals surface area contributed by atoms with Crippen molar-refractivity contribution in [3.63, 3.8) is 0 Å². The first kappa shape index (κ1) is 22.5. The predicted molar refractivity (Wildman–Crippen MR) is 139 cm³/mol. The summed E-state index contributed by atoms with van der Waals surface area (Å²) < 4.78 is 2.35. The van der Waals surface area contributed by atoms with Crippen LogP contribution in [-0.2, 0) is 11.8 Å². The minimum Gasteiger partial charge on any atom is -0.358 e. The quantitative estimate of drug-likeness (QED) is 0.412. The Morgan fingerprint density at radius 3 is 2.67 bits per heavy atom. The number of nitrogens with zero attached hydrogens (tertiary/aromatic N) is 3. The van der Waals surface area contributed by atoms with Crippen molar-refractivity contribution in [2.24, 2.45) is 0 Å². The van der Waals surface area contributed by atoms with E-state index in [1.54, 1.807) is 0 Å². The number of piperidine rings is 1. The van der Waals surface area contributed by atoms with E-state index in [1.807, 2.05) is 12.4 Å². The maximum absolute atomic E-state index is 6.32. The molecule has 2 aliphatic heterocycles. The van der Waals surface area contributed by atoms with Crippen LogP contribution in [0.25, 0.3) is 11.0 Å². The number of anilines is 1. The maximum atomic E-state index is 6.32. The highest BCUT2D eigenvalue weighted by atomic mass is 35.5. The summed E-state index contributed by atoms with van der Waals surface area (Å²) in [7, 11) is 0. The fraction of sp³-hybridized carbons (Fsp3) is 0.464. The highest BCUT2D eigenvalue weighted by molar-refractivity contribution is 6.30. The highest BCUT2D eigenvalue weighted by Gasteiger charge is 2.44. The number of hydrogen-bond donors (Lipinski definition) is 1. The predicted octanol–water partition coefficient (Wildman–Crippen LogP) is 6.96. The van der Waals surface area contributed by atoms with E-state index in [9.17, 15) is 0 Å². The van der Waals surface area contributed by atoms with Crippen molar-refractivity contribution in [3.05, 3.63) is 71.2 Å². The van der Waals surface area contributed by atoms with Gasteiger partial charge in [0.2, 0.25) is 0 Å². The Hall–Kier alpha value is -2.30. The number of hydrogen-bond acceptors (Lipinski definition) is 3.